The Morgan fingerprint density at radius 2 is 2.04 bits per heavy atom. The van der Waals surface area contributed by atoms with Crippen LogP contribution in [0.1, 0.15) is 16.2 Å². The van der Waals surface area contributed by atoms with Crippen molar-refractivity contribution in [2.45, 2.75) is 6.54 Å². The van der Waals surface area contributed by atoms with Gasteiger partial charge in [0.05, 0.1) is 23.3 Å². The molecule has 0 unspecified atom stereocenters. The first kappa shape index (κ1) is 13.4. The average molecular weight is 302 g/mol. The average Bonchev–Trinajstić information content (AvgIpc) is 2.98. The molecule has 4 aromatic rings. The maximum atomic E-state index is 12.3. The van der Waals surface area contributed by atoms with Crippen molar-refractivity contribution in [3.8, 4) is 0 Å². The molecule has 0 fully saturated rings. The van der Waals surface area contributed by atoms with E-state index in [2.05, 4.69) is 26.5 Å². The molecule has 3 aromatic heterocycles. The summed E-state index contributed by atoms with van der Waals surface area (Å²) < 4.78 is 1.82. The highest BCUT2D eigenvalue weighted by atomic mass is 16.1. The minimum Gasteiger partial charge on any atom is -0.345 e. The summed E-state index contributed by atoms with van der Waals surface area (Å²) in [5.41, 5.74) is 3.43. The number of rotatable bonds is 3. The first-order chi connectivity index (χ1) is 11.3. The summed E-state index contributed by atoms with van der Waals surface area (Å²) in [4.78, 5) is 24.9. The Balaban J connectivity index is 1.63. The normalized spacial score (nSPS) is 11.0. The molecule has 1 N–H and O–H groups in total. The third-order valence-corrected chi connectivity index (χ3v) is 3.51. The second-order valence-corrected chi connectivity index (χ2v) is 5.04. The van der Waals surface area contributed by atoms with Gasteiger partial charge < -0.3 is 5.32 Å². The highest BCUT2D eigenvalue weighted by molar-refractivity contribution is 5.92. The summed E-state index contributed by atoms with van der Waals surface area (Å²) >= 11 is 0. The van der Waals surface area contributed by atoms with Crippen LogP contribution in [0.2, 0.25) is 0 Å². The van der Waals surface area contributed by atoms with Crippen molar-refractivity contribution < 1.29 is 4.79 Å². The second-order valence-electron chi connectivity index (χ2n) is 5.04. The fourth-order valence-electron chi connectivity index (χ4n) is 2.39. The van der Waals surface area contributed by atoms with Crippen molar-refractivity contribution in [2.75, 3.05) is 0 Å². The van der Waals surface area contributed by atoms with Crippen molar-refractivity contribution in [3.63, 3.8) is 0 Å². The van der Waals surface area contributed by atoms with E-state index >= 15 is 0 Å². The van der Waals surface area contributed by atoms with Crippen LogP contribution in [0.4, 0.5) is 0 Å². The van der Waals surface area contributed by atoms with Crippen molar-refractivity contribution >= 4 is 22.6 Å². The lowest BCUT2D eigenvalue weighted by molar-refractivity contribution is 0.0945. The lowest BCUT2D eigenvalue weighted by atomic mass is 10.3. The number of nitrogens with one attached hydrogen (secondary N) is 1. The minimum absolute atomic E-state index is 0.272. The zero-order valence-corrected chi connectivity index (χ0v) is 12.1. The van der Waals surface area contributed by atoms with E-state index in [-0.39, 0.29) is 11.6 Å². The molecule has 0 aliphatic rings. The molecular formula is C17H12N5O. The monoisotopic (exact) mass is 302 g/mol. The van der Waals surface area contributed by atoms with Gasteiger partial charge in [0.1, 0.15) is 11.9 Å². The molecule has 3 heterocycles. The lowest BCUT2D eigenvalue weighted by Crippen LogP contribution is -2.24. The summed E-state index contributed by atoms with van der Waals surface area (Å²) in [5.74, 6) is -0.272. The number of nitrogens with zero attached hydrogens (tertiary/aromatic N) is 4. The Bertz CT molecular complexity index is 994. The molecule has 0 aliphatic heterocycles. The molecule has 23 heavy (non-hydrogen) atoms. The van der Waals surface area contributed by atoms with Crippen molar-refractivity contribution in [1.82, 2.24) is 24.7 Å². The fourth-order valence-corrected chi connectivity index (χ4v) is 2.39. The van der Waals surface area contributed by atoms with E-state index in [1.54, 1.807) is 12.4 Å². The number of hydrogen-bond acceptors (Lipinski definition) is 4. The SMILES string of the molecule is O=C(NCc1ccccn1)c1cn2c([c]n1)nc1ccccc12. The number of benzene rings is 1. The maximum absolute atomic E-state index is 12.3. The van der Waals surface area contributed by atoms with Crippen molar-refractivity contribution in [3.05, 3.63) is 72.4 Å². The third kappa shape index (κ3) is 2.50. The van der Waals surface area contributed by atoms with Gasteiger partial charge in [0.2, 0.25) is 0 Å². The molecule has 0 bridgehead atoms. The molecule has 0 atom stereocenters. The highest BCUT2D eigenvalue weighted by Crippen LogP contribution is 2.15. The summed E-state index contributed by atoms with van der Waals surface area (Å²) in [5, 5.41) is 2.80. The number of imidazole rings is 1. The van der Waals surface area contributed by atoms with E-state index in [0.717, 1.165) is 16.7 Å². The van der Waals surface area contributed by atoms with Crippen LogP contribution in [0.15, 0.2) is 54.9 Å². The van der Waals surface area contributed by atoms with Crippen LogP contribution in [0.5, 0.6) is 0 Å². The Kier molecular flexibility index (Phi) is 3.20. The van der Waals surface area contributed by atoms with E-state index in [9.17, 15) is 4.79 Å². The molecule has 1 radical (unpaired) electrons. The lowest BCUT2D eigenvalue weighted by Gasteiger charge is -2.04. The van der Waals surface area contributed by atoms with Crippen LogP contribution in [-0.4, -0.2) is 25.3 Å². The van der Waals surface area contributed by atoms with Crippen molar-refractivity contribution in [1.29, 1.82) is 0 Å². The van der Waals surface area contributed by atoms with Crippen LogP contribution in [-0.2, 0) is 6.54 Å². The van der Waals surface area contributed by atoms with Gasteiger partial charge in [-0.25, -0.2) is 9.97 Å². The largest absolute Gasteiger partial charge is 0.345 e. The molecule has 4 rings (SSSR count). The van der Waals surface area contributed by atoms with Crippen LogP contribution in [0.3, 0.4) is 0 Å². The predicted molar refractivity (Wildman–Crippen MR) is 84.7 cm³/mol. The standard InChI is InChI=1S/C17H12N5O/c23-17(20-9-12-5-3-4-8-18-12)14-11-22-15-7-2-1-6-13(15)21-16(22)10-19-14/h1-8,11H,9H2,(H,20,23). The highest BCUT2D eigenvalue weighted by Gasteiger charge is 2.11. The van der Waals surface area contributed by atoms with E-state index < -0.39 is 0 Å². The van der Waals surface area contributed by atoms with Gasteiger partial charge in [-0.2, -0.15) is 0 Å². The smallest absolute Gasteiger partial charge is 0.271 e. The molecule has 6 nitrogen and oxygen atoms in total. The zero-order chi connectivity index (χ0) is 15.6. The Labute approximate surface area is 131 Å². The van der Waals surface area contributed by atoms with Gasteiger partial charge in [-0.05, 0) is 24.3 Å². The van der Waals surface area contributed by atoms with Gasteiger partial charge in [-0.1, -0.05) is 18.2 Å². The molecule has 1 aromatic carbocycles. The summed E-state index contributed by atoms with van der Waals surface area (Å²) in [6.07, 6.45) is 6.18. The van der Waals surface area contributed by atoms with Crippen LogP contribution in [0, 0.1) is 6.20 Å². The number of carbonyl (C=O) groups is 1. The quantitative estimate of drug-likeness (QED) is 0.628. The topological polar surface area (TPSA) is 72.2 Å². The third-order valence-electron chi connectivity index (χ3n) is 3.51. The number of carbonyl (C=O) groups excluding carboxylic acids is 1. The van der Waals surface area contributed by atoms with Gasteiger partial charge in [0.25, 0.3) is 5.91 Å². The Morgan fingerprint density at radius 1 is 1.17 bits per heavy atom. The Hall–Kier alpha value is -3.28. The Morgan fingerprint density at radius 3 is 2.91 bits per heavy atom. The second kappa shape index (κ2) is 5.49. The zero-order valence-electron chi connectivity index (χ0n) is 12.1. The predicted octanol–water partition coefficient (Wildman–Crippen LogP) is 2.01. The van der Waals surface area contributed by atoms with E-state index in [1.165, 1.54) is 0 Å². The molecule has 0 aliphatic carbocycles. The van der Waals surface area contributed by atoms with Gasteiger partial charge >= 0.3 is 0 Å². The summed E-state index contributed by atoms with van der Waals surface area (Å²) in [6, 6.07) is 13.3. The fraction of sp³-hybridized carbons (Fsp3) is 0.0588. The van der Waals surface area contributed by atoms with Crippen LogP contribution < -0.4 is 5.32 Å². The number of amides is 1. The van der Waals surface area contributed by atoms with E-state index in [0.29, 0.717) is 12.2 Å². The van der Waals surface area contributed by atoms with Gasteiger partial charge in [-0.3, -0.25) is 14.2 Å². The maximum Gasteiger partial charge on any atom is 0.271 e. The molecule has 0 spiro atoms. The van der Waals surface area contributed by atoms with Crippen LogP contribution >= 0.6 is 0 Å². The number of aromatic nitrogens is 4. The van der Waals surface area contributed by atoms with Crippen molar-refractivity contribution in [2.24, 2.45) is 0 Å². The number of para-hydroxylation sites is 2. The van der Waals surface area contributed by atoms with Gasteiger partial charge in [-0.15, -0.1) is 0 Å². The summed E-state index contributed by atoms with van der Waals surface area (Å²) in [6.45, 7) is 0.351. The first-order valence-electron chi connectivity index (χ1n) is 7.15. The number of pyridine rings is 1. The van der Waals surface area contributed by atoms with Gasteiger partial charge in [0, 0.05) is 12.4 Å². The van der Waals surface area contributed by atoms with Gasteiger partial charge in [0.15, 0.2) is 5.65 Å². The minimum atomic E-state index is -0.272. The molecule has 6 heteroatoms. The molecular weight excluding hydrogens is 290 g/mol. The van der Waals surface area contributed by atoms with E-state index in [4.69, 9.17) is 0 Å². The number of fused-ring (bicyclic) bond motifs is 3. The summed E-state index contributed by atoms with van der Waals surface area (Å²) in [7, 11) is 0. The number of hydrogen-bond donors (Lipinski definition) is 1. The molecule has 111 valence electrons. The van der Waals surface area contributed by atoms with E-state index in [1.807, 2.05) is 46.9 Å². The van der Waals surface area contributed by atoms with Crippen LogP contribution in [0.25, 0.3) is 16.7 Å². The first-order valence-corrected chi connectivity index (χ1v) is 7.15. The molecule has 0 saturated carbocycles. The molecule has 0 saturated heterocycles. The molecule has 1 amide bonds.